The molecule has 2 fully saturated rings. The van der Waals surface area contributed by atoms with Gasteiger partial charge in [0.2, 0.25) is 0 Å². The van der Waals surface area contributed by atoms with Crippen molar-refractivity contribution >= 4 is 17.7 Å². The lowest BCUT2D eigenvalue weighted by atomic mass is 9.98. The number of carbonyl (C=O) groups is 1. The van der Waals surface area contributed by atoms with Crippen molar-refractivity contribution in [2.45, 2.75) is 42.1 Å². The molecule has 0 unspecified atom stereocenters. The Morgan fingerprint density at radius 2 is 2.07 bits per heavy atom. The number of hydrogen-bond acceptors (Lipinski definition) is 3. The predicted molar refractivity (Wildman–Crippen MR) is 57.7 cm³/mol. The summed E-state index contributed by atoms with van der Waals surface area (Å²) >= 11 is 1.93. The smallest absolute Gasteiger partial charge is 0.304 e. The van der Waals surface area contributed by atoms with E-state index in [1.165, 1.54) is 25.7 Å². The van der Waals surface area contributed by atoms with Crippen LogP contribution in [-0.4, -0.2) is 34.2 Å². The molecule has 0 atom stereocenters. The zero-order valence-corrected chi connectivity index (χ0v) is 9.11. The molecule has 3 nitrogen and oxygen atoms in total. The third-order valence-electron chi connectivity index (χ3n) is 3.09. The van der Waals surface area contributed by atoms with Gasteiger partial charge in [0.15, 0.2) is 0 Å². The highest BCUT2D eigenvalue weighted by atomic mass is 32.2. The molecule has 1 heterocycles. The monoisotopic (exact) mass is 215 g/mol. The molecule has 1 saturated heterocycles. The van der Waals surface area contributed by atoms with Crippen LogP contribution in [0.1, 0.15) is 32.1 Å². The first-order valence-electron chi connectivity index (χ1n) is 5.31. The Hall–Kier alpha value is -0.220. The van der Waals surface area contributed by atoms with Crippen molar-refractivity contribution in [2.75, 3.05) is 13.1 Å². The Balaban J connectivity index is 1.87. The van der Waals surface area contributed by atoms with Crippen LogP contribution in [0.4, 0.5) is 0 Å². The van der Waals surface area contributed by atoms with Crippen molar-refractivity contribution in [1.82, 2.24) is 5.32 Å². The first-order valence-corrected chi connectivity index (χ1v) is 6.19. The normalized spacial score (nSPS) is 26.0. The molecule has 1 aliphatic carbocycles. The highest BCUT2D eigenvalue weighted by molar-refractivity contribution is 8.01. The highest BCUT2D eigenvalue weighted by Crippen LogP contribution is 2.42. The van der Waals surface area contributed by atoms with Crippen LogP contribution in [0, 0.1) is 0 Å². The topological polar surface area (TPSA) is 49.3 Å². The molecule has 0 aromatic rings. The van der Waals surface area contributed by atoms with E-state index in [1.807, 2.05) is 11.8 Å². The second-order valence-electron chi connectivity index (χ2n) is 4.38. The standard InChI is InChI=1S/C10H17NO2S/c12-9(13)5-10(6-11-7-10)14-8-3-1-2-4-8/h8,11H,1-7H2,(H,12,13). The van der Waals surface area contributed by atoms with Gasteiger partial charge in [-0.3, -0.25) is 4.79 Å². The quantitative estimate of drug-likeness (QED) is 0.746. The van der Waals surface area contributed by atoms with Crippen molar-refractivity contribution in [3.8, 4) is 0 Å². The Kier molecular flexibility index (Phi) is 3.02. The molecule has 0 aromatic carbocycles. The summed E-state index contributed by atoms with van der Waals surface area (Å²) in [7, 11) is 0. The summed E-state index contributed by atoms with van der Waals surface area (Å²) in [4.78, 5) is 10.7. The number of hydrogen-bond donors (Lipinski definition) is 2. The van der Waals surface area contributed by atoms with Crippen molar-refractivity contribution in [3.63, 3.8) is 0 Å². The first-order chi connectivity index (χ1) is 6.70. The van der Waals surface area contributed by atoms with Crippen LogP contribution in [0.15, 0.2) is 0 Å². The molecule has 4 heteroatoms. The van der Waals surface area contributed by atoms with E-state index >= 15 is 0 Å². The predicted octanol–water partition coefficient (Wildman–Crippen LogP) is 1.48. The molecule has 0 bridgehead atoms. The molecule has 14 heavy (non-hydrogen) atoms. The lowest BCUT2D eigenvalue weighted by molar-refractivity contribution is -0.138. The van der Waals surface area contributed by atoms with Gasteiger partial charge in [0.1, 0.15) is 0 Å². The van der Waals surface area contributed by atoms with Crippen LogP contribution >= 0.6 is 11.8 Å². The molecule has 1 saturated carbocycles. The second kappa shape index (κ2) is 4.11. The fourth-order valence-corrected chi connectivity index (χ4v) is 4.14. The van der Waals surface area contributed by atoms with Gasteiger partial charge in [-0.05, 0) is 12.8 Å². The number of carboxylic acid groups (broad SMARTS) is 1. The van der Waals surface area contributed by atoms with Crippen LogP contribution in [-0.2, 0) is 4.79 Å². The van der Waals surface area contributed by atoms with Gasteiger partial charge < -0.3 is 10.4 Å². The van der Waals surface area contributed by atoms with E-state index in [-0.39, 0.29) is 4.75 Å². The zero-order valence-electron chi connectivity index (χ0n) is 8.29. The van der Waals surface area contributed by atoms with Gasteiger partial charge >= 0.3 is 5.97 Å². The maximum Gasteiger partial charge on any atom is 0.304 e. The minimum atomic E-state index is -0.656. The van der Waals surface area contributed by atoms with Crippen LogP contribution in [0.5, 0.6) is 0 Å². The number of rotatable bonds is 4. The van der Waals surface area contributed by atoms with E-state index < -0.39 is 5.97 Å². The van der Waals surface area contributed by atoms with E-state index in [0.717, 1.165) is 18.3 Å². The molecule has 1 aliphatic heterocycles. The minimum Gasteiger partial charge on any atom is -0.481 e. The van der Waals surface area contributed by atoms with Gasteiger partial charge in [-0.25, -0.2) is 0 Å². The van der Waals surface area contributed by atoms with Crippen molar-refractivity contribution < 1.29 is 9.90 Å². The third kappa shape index (κ3) is 2.23. The van der Waals surface area contributed by atoms with E-state index in [9.17, 15) is 4.79 Å². The first kappa shape index (κ1) is 10.3. The van der Waals surface area contributed by atoms with Crippen molar-refractivity contribution in [1.29, 1.82) is 0 Å². The summed E-state index contributed by atoms with van der Waals surface area (Å²) in [6.45, 7) is 1.75. The third-order valence-corrected chi connectivity index (χ3v) is 4.82. The lowest BCUT2D eigenvalue weighted by Crippen LogP contribution is -2.58. The maximum atomic E-state index is 10.7. The Morgan fingerprint density at radius 1 is 1.43 bits per heavy atom. The van der Waals surface area contributed by atoms with Crippen LogP contribution in [0.2, 0.25) is 0 Å². The lowest BCUT2D eigenvalue weighted by Gasteiger charge is -2.42. The average molecular weight is 215 g/mol. The molecule has 2 aliphatic rings. The van der Waals surface area contributed by atoms with Gasteiger partial charge in [-0.15, -0.1) is 11.8 Å². The summed E-state index contributed by atoms with van der Waals surface area (Å²) in [5.74, 6) is -0.656. The van der Waals surface area contributed by atoms with Crippen molar-refractivity contribution in [2.24, 2.45) is 0 Å². The van der Waals surface area contributed by atoms with Crippen LogP contribution < -0.4 is 5.32 Å². The zero-order chi connectivity index (χ0) is 10.0. The molecule has 2 N–H and O–H groups in total. The SMILES string of the molecule is O=C(O)CC1(SC2CCCC2)CNC1. The van der Waals surface area contributed by atoms with E-state index in [4.69, 9.17) is 5.11 Å². The molecule has 0 aromatic heterocycles. The molecular weight excluding hydrogens is 198 g/mol. The highest BCUT2D eigenvalue weighted by Gasteiger charge is 2.41. The number of carboxylic acids is 1. The summed E-state index contributed by atoms with van der Waals surface area (Å²) in [5, 5.41) is 12.8. The largest absolute Gasteiger partial charge is 0.481 e. The summed E-state index contributed by atoms with van der Waals surface area (Å²) in [6.07, 6.45) is 5.54. The van der Waals surface area contributed by atoms with Crippen LogP contribution in [0.3, 0.4) is 0 Å². The molecule has 80 valence electrons. The van der Waals surface area contributed by atoms with Gasteiger partial charge in [0.05, 0.1) is 11.2 Å². The van der Waals surface area contributed by atoms with Gasteiger partial charge in [0.25, 0.3) is 0 Å². The second-order valence-corrected chi connectivity index (χ2v) is 6.15. The fraction of sp³-hybridized carbons (Fsp3) is 0.900. The number of thioether (sulfide) groups is 1. The van der Waals surface area contributed by atoms with Crippen molar-refractivity contribution in [3.05, 3.63) is 0 Å². The Labute approximate surface area is 88.6 Å². The summed E-state index contributed by atoms with van der Waals surface area (Å²) < 4.78 is 0.0147. The van der Waals surface area contributed by atoms with E-state index in [0.29, 0.717) is 6.42 Å². The molecule has 0 radical (unpaired) electrons. The van der Waals surface area contributed by atoms with Gasteiger partial charge in [0, 0.05) is 18.3 Å². The Bertz CT molecular complexity index is 222. The number of aliphatic carboxylic acids is 1. The average Bonchev–Trinajstić information content (AvgIpc) is 2.51. The van der Waals surface area contributed by atoms with Gasteiger partial charge in [-0.2, -0.15) is 0 Å². The molecule has 0 spiro atoms. The van der Waals surface area contributed by atoms with Gasteiger partial charge in [-0.1, -0.05) is 12.8 Å². The molecule has 2 rings (SSSR count). The molecular formula is C10H17NO2S. The van der Waals surface area contributed by atoms with E-state index in [1.54, 1.807) is 0 Å². The minimum absolute atomic E-state index is 0.0147. The maximum absolute atomic E-state index is 10.7. The summed E-state index contributed by atoms with van der Waals surface area (Å²) in [6, 6.07) is 0. The van der Waals surface area contributed by atoms with Crippen LogP contribution in [0.25, 0.3) is 0 Å². The van der Waals surface area contributed by atoms with E-state index in [2.05, 4.69) is 5.32 Å². The fourth-order valence-electron chi connectivity index (χ4n) is 2.29. The Morgan fingerprint density at radius 3 is 2.50 bits per heavy atom. The number of nitrogens with one attached hydrogen (secondary N) is 1. The molecule has 0 amide bonds. The summed E-state index contributed by atoms with van der Waals surface area (Å²) in [5.41, 5.74) is 0.